The summed E-state index contributed by atoms with van der Waals surface area (Å²) in [6.45, 7) is 2.06. The number of halogens is 1. The minimum Gasteiger partial charge on any atom is -0.507 e. The molecule has 4 rings (SSSR count). The van der Waals surface area contributed by atoms with Crippen LogP contribution in [0.25, 0.3) is 22.6 Å². The Labute approximate surface area is 182 Å². The lowest BCUT2D eigenvalue weighted by Gasteiger charge is -2.11. The fraction of sp³-hybridized carbons (Fsp3) is 0.0870. The maximum atomic E-state index is 13.0. The van der Waals surface area contributed by atoms with Crippen LogP contribution in [0.15, 0.2) is 65.1 Å². The SMILES string of the molecule is CCc1ccc2oc(-c3cc(NC(=S)NC(=O)c4ccc(F)cc4)ccc3O)nc2c1. The molecule has 6 nitrogen and oxygen atoms in total. The maximum absolute atomic E-state index is 13.0. The number of phenolic OH excluding ortho intramolecular Hbond substituents is 1. The van der Waals surface area contributed by atoms with Crippen LogP contribution in [-0.4, -0.2) is 21.1 Å². The van der Waals surface area contributed by atoms with Gasteiger partial charge in [-0.3, -0.25) is 10.1 Å². The summed E-state index contributed by atoms with van der Waals surface area (Å²) in [5.41, 5.74) is 3.63. The van der Waals surface area contributed by atoms with E-state index in [0.717, 1.165) is 12.0 Å². The van der Waals surface area contributed by atoms with E-state index in [9.17, 15) is 14.3 Å². The molecule has 31 heavy (non-hydrogen) atoms. The van der Waals surface area contributed by atoms with E-state index in [2.05, 4.69) is 22.5 Å². The number of hydrogen-bond donors (Lipinski definition) is 3. The molecule has 0 aliphatic rings. The van der Waals surface area contributed by atoms with E-state index >= 15 is 0 Å². The summed E-state index contributed by atoms with van der Waals surface area (Å²) in [5, 5.41) is 15.8. The molecule has 1 amide bonds. The number of thiocarbonyl (C=S) groups is 1. The highest BCUT2D eigenvalue weighted by atomic mass is 32.1. The summed E-state index contributed by atoms with van der Waals surface area (Å²) < 4.78 is 18.8. The molecule has 0 bridgehead atoms. The summed E-state index contributed by atoms with van der Waals surface area (Å²) in [4.78, 5) is 16.7. The fourth-order valence-corrected chi connectivity index (χ4v) is 3.24. The molecule has 0 fully saturated rings. The van der Waals surface area contributed by atoms with E-state index in [1.165, 1.54) is 30.3 Å². The molecular weight excluding hydrogens is 417 g/mol. The molecule has 0 saturated heterocycles. The quantitative estimate of drug-likeness (QED) is 0.308. The number of aromatic hydroxyl groups is 1. The first kappa shape index (κ1) is 20.5. The van der Waals surface area contributed by atoms with Crippen molar-refractivity contribution in [3.63, 3.8) is 0 Å². The number of aromatic nitrogens is 1. The Kier molecular flexibility index (Phi) is 5.64. The van der Waals surface area contributed by atoms with Crippen LogP contribution in [0.3, 0.4) is 0 Å². The number of phenols is 1. The van der Waals surface area contributed by atoms with Crippen molar-refractivity contribution in [2.45, 2.75) is 13.3 Å². The number of anilines is 1. The lowest BCUT2D eigenvalue weighted by molar-refractivity contribution is 0.0977. The van der Waals surface area contributed by atoms with Crippen LogP contribution in [0.2, 0.25) is 0 Å². The lowest BCUT2D eigenvalue weighted by atomic mass is 10.1. The van der Waals surface area contributed by atoms with Crippen LogP contribution < -0.4 is 10.6 Å². The zero-order valence-corrected chi connectivity index (χ0v) is 17.3. The monoisotopic (exact) mass is 435 g/mol. The minimum absolute atomic E-state index is 0.00547. The number of fused-ring (bicyclic) bond motifs is 1. The van der Waals surface area contributed by atoms with Crippen LogP contribution >= 0.6 is 12.2 Å². The third kappa shape index (κ3) is 4.54. The predicted octanol–water partition coefficient (Wildman–Crippen LogP) is 5.03. The molecule has 1 heterocycles. The average Bonchev–Trinajstić information content (AvgIpc) is 3.18. The number of hydrogen-bond acceptors (Lipinski definition) is 5. The Hall–Kier alpha value is -3.78. The van der Waals surface area contributed by atoms with Crippen molar-refractivity contribution in [2.75, 3.05) is 5.32 Å². The standard InChI is InChI=1S/C23H18FN3O3S/c1-2-13-3-10-20-18(11-13)26-22(30-20)17-12-16(8-9-19(17)28)25-23(31)27-21(29)14-4-6-15(24)7-5-14/h3-12,28H,2H2,1H3,(H2,25,27,29,31). The Morgan fingerprint density at radius 2 is 1.90 bits per heavy atom. The molecule has 0 unspecified atom stereocenters. The third-order valence-corrected chi connectivity index (χ3v) is 4.88. The van der Waals surface area contributed by atoms with Crippen molar-refractivity contribution in [2.24, 2.45) is 0 Å². The molecular formula is C23H18FN3O3S. The van der Waals surface area contributed by atoms with Gasteiger partial charge in [-0.1, -0.05) is 13.0 Å². The molecule has 3 N–H and O–H groups in total. The number of amides is 1. The highest BCUT2D eigenvalue weighted by Crippen LogP contribution is 2.33. The topological polar surface area (TPSA) is 87.4 Å². The Balaban J connectivity index is 1.53. The van der Waals surface area contributed by atoms with Crippen molar-refractivity contribution in [1.82, 2.24) is 10.3 Å². The van der Waals surface area contributed by atoms with Crippen LogP contribution in [0.1, 0.15) is 22.8 Å². The maximum Gasteiger partial charge on any atom is 0.257 e. The molecule has 8 heteroatoms. The summed E-state index contributed by atoms with van der Waals surface area (Å²) in [6.07, 6.45) is 0.879. The van der Waals surface area contributed by atoms with Gasteiger partial charge in [-0.15, -0.1) is 0 Å². The summed E-state index contributed by atoms with van der Waals surface area (Å²) in [7, 11) is 0. The van der Waals surface area contributed by atoms with Gasteiger partial charge in [0, 0.05) is 11.3 Å². The van der Waals surface area contributed by atoms with Gasteiger partial charge in [0.05, 0.1) is 5.56 Å². The Bertz CT molecular complexity index is 1290. The van der Waals surface area contributed by atoms with Gasteiger partial charge in [-0.2, -0.15) is 0 Å². The summed E-state index contributed by atoms with van der Waals surface area (Å²) in [6, 6.07) is 15.6. The number of aryl methyl sites for hydroxylation is 1. The van der Waals surface area contributed by atoms with Crippen LogP contribution in [0.5, 0.6) is 5.75 Å². The first-order valence-electron chi connectivity index (χ1n) is 9.53. The Morgan fingerprint density at radius 3 is 2.65 bits per heavy atom. The average molecular weight is 435 g/mol. The van der Waals surface area contributed by atoms with Gasteiger partial charge in [0.15, 0.2) is 10.7 Å². The third-order valence-electron chi connectivity index (χ3n) is 4.68. The first-order valence-corrected chi connectivity index (χ1v) is 9.94. The Morgan fingerprint density at radius 1 is 1.13 bits per heavy atom. The smallest absolute Gasteiger partial charge is 0.257 e. The molecule has 1 aromatic heterocycles. The molecule has 156 valence electrons. The van der Waals surface area contributed by atoms with E-state index in [-0.39, 0.29) is 22.3 Å². The van der Waals surface area contributed by atoms with Crippen molar-refractivity contribution in [1.29, 1.82) is 0 Å². The number of rotatable bonds is 4. The van der Waals surface area contributed by atoms with Crippen LogP contribution in [0, 0.1) is 5.82 Å². The van der Waals surface area contributed by atoms with Gasteiger partial charge in [0.2, 0.25) is 5.89 Å². The normalized spacial score (nSPS) is 10.8. The molecule has 0 saturated carbocycles. The molecule has 0 aliphatic carbocycles. The van der Waals surface area contributed by atoms with E-state index in [1.54, 1.807) is 12.1 Å². The molecule has 0 atom stereocenters. The number of carbonyl (C=O) groups excluding carboxylic acids is 1. The number of nitrogens with zero attached hydrogens (tertiary/aromatic N) is 1. The van der Waals surface area contributed by atoms with Crippen LogP contribution in [0.4, 0.5) is 10.1 Å². The first-order chi connectivity index (χ1) is 14.9. The van der Waals surface area contributed by atoms with Gasteiger partial charge >= 0.3 is 0 Å². The number of oxazole rings is 1. The van der Waals surface area contributed by atoms with E-state index < -0.39 is 11.7 Å². The van der Waals surface area contributed by atoms with Crippen molar-refractivity contribution in [3.05, 3.63) is 77.6 Å². The fourth-order valence-electron chi connectivity index (χ4n) is 3.03. The summed E-state index contributed by atoms with van der Waals surface area (Å²) >= 11 is 5.19. The van der Waals surface area contributed by atoms with Crippen molar-refractivity contribution >= 4 is 40.0 Å². The van der Waals surface area contributed by atoms with Crippen molar-refractivity contribution < 1.29 is 18.7 Å². The second-order valence-corrected chi connectivity index (χ2v) is 7.23. The lowest BCUT2D eigenvalue weighted by Crippen LogP contribution is -2.34. The van der Waals surface area contributed by atoms with Gasteiger partial charge in [-0.05, 0) is 78.8 Å². The zero-order valence-electron chi connectivity index (χ0n) is 16.5. The highest BCUT2D eigenvalue weighted by Gasteiger charge is 2.15. The van der Waals surface area contributed by atoms with Crippen LogP contribution in [-0.2, 0) is 6.42 Å². The molecule has 0 aliphatic heterocycles. The minimum atomic E-state index is -0.470. The second-order valence-electron chi connectivity index (χ2n) is 6.82. The summed E-state index contributed by atoms with van der Waals surface area (Å²) in [5.74, 6) is -0.638. The largest absolute Gasteiger partial charge is 0.507 e. The van der Waals surface area contributed by atoms with E-state index in [0.29, 0.717) is 22.4 Å². The zero-order chi connectivity index (χ0) is 22.0. The number of benzene rings is 3. The molecule has 4 aromatic rings. The predicted molar refractivity (Wildman–Crippen MR) is 121 cm³/mol. The number of carbonyl (C=O) groups is 1. The number of nitrogens with one attached hydrogen (secondary N) is 2. The van der Waals surface area contributed by atoms with Gasteiger partial charge in [0.25, 0.3) is 5.91 Å². The molecule has 3 aromatic carbocycles. The van der Waals surface area contributed by atoms with Gasteiger partial charge in [0.1, 0.15) is 17.1 Å². The van der Waals surface area contributed by atoms with Gasteiger partial charge < -0.3 is 14.8 Å². The van der Waals surface area contributed by atoms with Gasteiger partial charge in [-0.25, -0.2) is 9.37 Å². The van der Waals surface area contributed by atoms with Crippen molar-refractivity contribution in [3.8, 4) is 17.2 Å². The molecule has 0 spiro atoms. The highest BCUT2D eigenvalue weighted by molar-refractivity contribution is 7.80. The second kappa shape index (κ2) is 8.53. The molecule has 0 radical (unpaired) electrons. The van der Waals surface area contributed by atoms with E-state index in [1.807, 2.05) is 18.2 Å². The van der Waals surface area contributed by atoms with E-state index in [4.69, 9.17) is 16.6 Å².